The smallest absolute Gasteiger partial charge is 0.0497 e. The van der Waals surface area contributed by atoms with E-state index < -0.39 is 0 Å². The van der Waals surface area contributed by atoms with Crippen LogP contribution in [-0.2, 0) is 6.42 Å². The molecular formula is C23H19N. The SMILES string of the molecule is CCCc1cccc2c1[nH]c1ccc3cc4ccccc4cc3c12. The highest BCUT2D eigenvalue weighted by Crippen LogP contribution is 2.35. The van der Waals surface area contributed by atoms with Crippen molar-refractivity contribution in [3.8, 4) is 0 Å². The van der Waals surface area contributed by atoms with Gasteiger partial charge in [0.2, 0.25) is 0 Å². The van der Waals surface area contributed by atoms with Crippen molar-refractivity contribution in [1.29, 1.82) is 0 Å². The van der Waals surface area contributed by atoms with Crippen LogP contribution in [0.15, 0.2) is 66.7 Å². The molecule has 0 aliphatic carbocycles. The molecule has 0 spiro atoms. The van der Waals surface area contributed by atoms with E-state index in [4.69, 9.17) is 0 Å². The first-order valence-corrected chi connectivity index (χ1v) is 8.70. The van der Waals surface area contributed by atoms with E-state index in [1.807, 2.05) is 0 Å². The molecule has 1 heterocycles. The summed E-state index contributed by atoms with van der Waals surface area (Å²) in [7, 11) is 0. The summed E-state index contributed by atoms with van der Waals surface area (Å²) in [5.74, 6) is 0. The lowest BCUT2D eigenvalue weighted by Crippen LogP contribution is -1.84. The number of fused-ring (bicyclic) bond motifs is 6. The van der Waals surface area contributed by atoms with Crippen LogP contribution in [-0.4, -0.2) is 4.98 Å². The molecule has 5 aromatic rings. The standard InChI is InChI=1S/C23H19N/c1-2-6-15-9-5-10-19-22-20-14-17-8-4-3-7-16(17)13-18(20)11-12-21(22)24-23(15)19/h3-5,7-14,24H,2,6H2,1H3. The Morgan fingerprint density at radius 2 is 1.58 bits per heavy atom. The maximum Gasteiger partial charge on any atom is 0.0497 e. The van der Waals surface area contributed by atoms with Gasteiger partial charge in [0.05, 0.1) is 0 Å². The van der Waals surface area contributed by atoms with Crippen molar-refractivity contribution in [2.45, 2.75) is 19.8 Å². The molecule has 0 atom stereocenters. The monoisotopic (exact) mass is 309 g/mol. The number of aromatic amines is 1. The lowest BCUT2D eigenvalue weighted by atomic mass is 9.98. The van der Waals surface area contributed by atoms with E-state index in [2.05, 4.69) is 78.6 Å². The van der Waals surface area contributed by atoms with Crippen molar-refractivity contribution in [1.82, 2.24) is 4.98 Å². The maximum atomic E-state index is 3.67. The van der Waals surface area contributed by atoms with Crippen LogP contribution in [0, 0.1) is 0 Å². The molecule has 0 fully saturated rings. The van der Waals surface area contributed by atoms with E-state index in [-0.39, 0.29) is 0 Å². The molecule has 1 N–H and O–H groups in total. The molecule has 0 amide bonds. The topological polar surface area (TPSA) is 15.8 Å². The molecule has 0 bridgehead atoms. The molecule has 1 nitrogen and oxygen atoms in total. The van der Waals surface area contributed by atoms with E-state index in [0.29, 0.717) is 0 Å². The van der Waals surface area contributed by atoms with Gasteiger partial charge in [-0.3, -0.25) is 0 Å². The minimum atomic E-state index is 1.12. The molecule has 1 aromatic heterocycles. The molecular weight excluding hydrogens is 290 g/mol. The van der Waals surface area contributed by atoms with Crippen molar-refractivity contribution < 1.29 is 0 Å². The number of aryl methyl sites for hydroxylation is 1. The zero-order valence-electron chi connectivity index (χ0n) is 13.8. The van der Waals surface area contributed by atoms with Crippen LogP contribution < -0.4 is 0 Å². The zero-order valence-corrected chi connectivity index (χ0v) is 13.8. The van der Waals surface area contributed by atoms with E-state index in [1.54, 1.807) is 0 Å². The number of hydrogen-bond acceptors (Lipinski definition) is 0. The molecule has 116 valence electrons. The van der Waals surface area contributed by atoms with Crippen LogP contribution in [0.4, 0.5) is 0 Å². The second-order valence-corrected chi connectivity index (χ2v) is 6.62. The predicted octanol–water partition coefficient (Wildman–Crippen LogP) is 6.58. The van der Waals surface area contributed by atoms with Gasteiger partial charge < -0.3 is 4.98 Å². The molecule has 0 saturated heterocycles. The fourth-order valence-electron chi connectivity index (χ4n) is 3.98. The quantitative estimate of drug-likeness (QED) is 0.354. The van der Waals surface area contributed by atoms with Crippen molar-refractivity contribution in [2.24, 2.45) is 0 Å². The second-order valence-electron chi connectivity index (χ2n) is 6.62. The molecule has 0 unspecified atom stereocenters. The third-order valence-corrected chi connectivity index (χ3v) is 5.09. The Hall–Kier alpha value is -2.80. The summed E-state index contributed by atoms with van der Waals surface area (Å²) in [5.41, 5.74) is 3.95. The van der Waals surface area contributed by atoms with Crippen molar-refractivity contribution in [3.63, 3.8) is 0 Å². The Kier molecular flexibility index (Phi) is 2.90. The number of nitrogens with one attached hydrogen (secondary N) is 1. The van der Waals surface area contributed by atoms with Gasteiger partial charge in [-0.2, -0.15) is 0 Å². The van der Waals surface area contributed by atoms with Gasteiger partial charge in [-0.15, -0.1) is 0 Å². The highest BCUT2D eigenvalue weighted by Gasteiger charge is 2.11. The van der Waals surface area contributed by atoms with E-state index >= 15 is 0 Å². The minimum Gasteiger partial charge on any atom is -0.354 e. The number of H-pyrrole nitrogens is 1. The largest absolute Gasteiger partial charge is 0.354 e. The number of para-hydroxylation sites is 1. The van der Waals surface area contributed by atoms with Gasteiger partial charge in [0.1, 0.15) is 0 Å². The second kappa shape index (κ2) is 5.10. The number of hydrogen-bond donors (Lipinski definition) is 1. The Labute approximate surface area is 140 Å². The van der Waals surface area contributed by atoms with Crippen molar-refractivity contribution in [2.75, 3.05) is 0 Å². The van der Waals surface area contributed by atoms with Gasteiger partial charge in [0, 0.05) is 21.8 Å². The Bertz CT molecular complexity index is 1210. The third-order valence-electron chi connectivity index (χ3n) is 5.09. The summed E-state index contributed by atoms with van der Waals surface area (Å²) in [6.07, 6.45) is 2.28. The summed E-state index contributed by atoms with van der Waals surface area (Å²) in [6.45, 7) is 2.24. The highest BCUT2D eigenvalue weighted by atomic mass is 14.7. The van der Waals surface area contributed by atoms with Crippen molar-refractivity contribution in [3.05, 3.63) is 72.3 Å². The first-order valence-electron chi connectivity index (χ1n) is 8.70. The lowest BCUT2D eigenvalue weighted by Gasteiger charge is -2.04. The Balaban J connectivity index is 1.97. The Morgan fingerprint density at radius 1 is 0.750 bits per heavy atom. The van der Waals surface area contributed by atoms with Crippen LogP contribution in [0.1, 0.15) is 18.9 Å². The molecule has 4 aromatic carbocycles. The summed E-state index contributed by atoms with van der Waals surface area (Å²) in [4.78, 5) is 3.67. The van der Waals surface area contributed by atoms with Gasteiger partial charge in [0.15, 0.2) is 0 Å². The number of aromatic nitrogens is 1. The molecule has 0 aliphatic rings. The molecule has 0 radical (unpaired) electrons. The lowest BCUT2D eigenvalue weighted by molar-refractivity contribution is 0.927. The number of benzene rings is 4. The van der Waals surface area contributed by atoms with Gasteiger partial charge in [0.25, 0.3) is 0 Å². The van der Waals surface area contributed by atoms with Crippen LogP contribution in [0.2, 0.25) is 0 Å². The zero-order chi connectivity index (χ0) is 16.1. The van der Waals surface area contributed by atoms with Gasteiger partial charge in [-0.1, -0.05) is 61.9 Å². The fourth-order valence-corrected chi connectivity index (χ4v) is 3.98. The third kappa shape index (κ3) is 1.88. The Morgan fingerprint density at radius 3 is 2.42 bits per heavy atom. The van der Waals surface area contributed by atoms with E-state index in [0.717, 1.165) is 6.42 Å². The summed E-state index contributed by atoms with van der Waals surface area (Å²) < 4.78 is 0. The normalized spacial score (nSPS) is 11.9. The molecule has 5 rings (SSSR count). The molecule has 0 saturated carbocycles. The van der Waals surface area contributed by atoms with Crippen LogP contribution in [0.25, 0.3) is 43.4 Å². The average Bonchev–Trinajstić information content (AvgIpc) is 3.00. The average molecular weight is 309 g/mol. The van der Waals surface area contributed by atoms with Crippen LogP contribution in [0.5, 0.6) is 0 Å². The van der Waals surface area contributed by atoms with Crippen LogP contribution in [0.3, 0.4) is 0 Å². The minimum absolute atomic E-state index is 1.12. The molecule has 1 heteroatoms. The highest BCUT2D eigenvalue weighted by molar-refractivity contribution is 6.22. The molecule has 24 heavy (non-hydrogen) atoms. The van der Waals surface area contributed by atoms with Gasteiger partial charge in [-0.05, 0) is 51.7 Å². The summed E-state index contributed by atoms with van der Waals surface area (Å²) >= 11 is 0. The summed E-state index contributed by atoms with van der Waals surface area (Å²) in [5, 5.41) is 7.95. The first kappa shape index (κ1) is 13.6. The molecule has 0 aliphatic heterocycles. The summed E-state index contributed by atoms with van der Waals surface area (Å²) in [6, 6.07) is 24.4. The van der Waals surface area contributed by atoms with Crippen LogP contribution >= 0.6 is 0 Å². The van der Waals surface area contributed by atoms with E-state index in [1.165, 1.54) is 55.3 Å². The maximum absolute atomic E-state index is 3.67. The first-order chi connectivity index (χ1) is 11.8. The van der Waals surface area contributed by atoms with E-state index in [9.17, 15) is 0 Å². The fraction of sp³-hybridized carbons (Fsp3) is 0.130. The van der Waals surface area contributed by atoms with Gasteiger partial charge in [-0.25, -0.2) is 0 Å². The predicted molar refractivity (Wildman–Crippen MR) is 105 cm³/mol. The van der Waals surface area contributed by atoms with Crippen molar-refractivity contribution >= 4 is 43.4 Å². The van der Waals surface area contributed by atoms with Gasteiger partial charge >= 0.3 is 0 Å². The number of rotatable bonds is 2.